The van der Waals surface area contributed by atoms with Crippen LogP contribution in [0, 0.1) is 13.8 Å². The van der Waals surface area contributed by atoms with Gasteiger partial charge in [0, 0.05) is 12.7 Å². The zero-order valence-electron chi connectivity index (χ0n) is 15.8. The fourth-order valence-corrected chi connectivity index (χ4v) is 2.80. The van der Waals surface area contributed by atoms with Crippen molar-refractivity contribution in [2.24, 2.45) is 7.05 Å². The van der Waals surface area contributed by atoms with Crippen molar-refractivity contribution in [2.75, 3.05) is 17.2 Å². The molecule has 0 spiro atoms. The third kappa shape index (κ3) is 5.56. The Kier molecular flexibility index (Phi) is 7.15. The summed E-state index contributed by atoms with van der Waals surface area (Å²) in [6.07, 6.45) is 3.47. The Morgan fingerprint density at radius 3 is 2.46 bits per heavy atom. The third-order valence-electron chi connectivity index (χ3n) is 4.21. The van der Waals surface area contributed by atoms with Gasteiger partial charge in [-0.2, -0.15) is 5.10 Å². The monoisotopic (exact) mass is 373 g/mol. The summed E-state index contributed by atoms with van der Waals surface area (Å²) in [5.41, 5.74) is 4.68. The number of aryl methyl sites for hydroxylation is 3. The minimum absolute atomic E-state index is 0.0915. The molecule has 0 aliphatic rings. The number of benzene rings is 1. The van der Waals surface area contributed by atoms with Gasteiger partial charge in [0.25, 0.3) is 0 Å². The number of unbranched alkanes of at least 4 members (excludes halogenated alkanes) is 1. The molecule has 0 aliphatic heterocycles. The van der Waals surface area contributed by atoms with E-state index in [0.717, 1.165) is 29.2 Å². The molecule has 2 aromatic rings. The quantitative estimate of drug-likeness (QED) is 0.650. The first kappa shape index (κ1) is 19.9. The predicted octanol–water partition coefficient (Wildman–Crippen LogP) is 3.30. The summed E-state index contributed by atoms with van der Waals surface area (Å²) >= 11 is 5.26. The number of hydrogen-bond acceptors (Lipinski definition) is 3. The molecule has 140 valence electrons. The second-order valence-electron chi connectivity index (χ2n) is 6.33. The predicted molar refractivity (Wildman–Crippen MR) is 111 cm³/mol. The zero-order valence-corrected chi connectivity index (χ0v) is 16.7. The first-order chi connectivity index (χ1) is 12.4. The highest BCUT2D eigenvalue weighted by Crippen LogP contribution is 2.17. The SMILES string of the molecule is CCCCc1ccc(NC(=S)NCC(=O)Nc2c(C)nn(C)c2C)cc1. The Morgan fingerprint density at radius 2 is 1.88 bits per heavy atom. The number of rotatable bonds is 7. The molecule has 1 aromatic heterocycles. The van der Waals surface area contributed by atoms with Crippen LogP contribution in [0.5, 0.6) is 0 Å². The van der Waals surface area contributed by atoms with Crippen molar-refractivity contribution < 1.29 is 4.79 Å². The largest absolute Gasteiger partial charge is 0.353 e. The molecule has 0 radical (unpaired) electrons. The van der Waals surface area contributed by atoms with E-state index in [-0.39, 0.29) is 12.5 Å². The van der Waals surface area contributed by atoms with Crippen LogP contribution in [0.3, 0.4) is 0 Å². The average molecular weight is 374 g/mol. The van der Waals surface area contributed by atoms with Crippen molar-refractivity contribution in [3.05, 3.63) is 41.2 Å². The van der Waals surface area contributed by atoms with Gasteiger partial charge in [-0.05, 0) is 56.6 Å². The van der Waals surface area contributed by atoms with E-state index in [2.05, 4.69) is 40.1 Å². The Labute approximate surface area is 160 Å². The molecule has 0 unspecified atom stereocenters. The molecule has 0 aliphatic carbocycles. The molecule has 0 fully saturated rings. The average Bonchev–Trinajstić information content (AvgIpc) is 2.85. The Hall–Kier alpha value is -2.41. The normalized spacial score (nSPS) is 10.5. The van der Waals surface area contributed by atoms with Gasteiger partial charge in [0.05, 0.1) is 23.6 Å². The lowest BCUT2D eigenvalue weighted by molar-refractivity contribution is -0.115. The van der Waals surface area contributed by atoms with E-state index >= 15 is 0 Å². The highest BCUT2D eigenvalue weighted by Gasteiger charge is 2.12. The number of carbonyl (C=O) groups excluding carboxylic acids is 1. The smallest absolute Gasteiger partial charge is 0.243 e. The number of aromatic nitrogens is 2. The minimum Gasteiger partial charge on any atom is -0.353 e. The summed E-state index contributed by atoms with van der Waals surface area (Å²) in [6.45, 7) is 6.06. The summed E-state index contributed by atoms with van der Waals surface area (Å²) < 4.78 is 1.74. The van der Waals surface area contributed by atoms with Crippen LogP contribution in [0.1, 0.15) is 36.7 Å². The van der Waals surface area contributed by atoms with Gasteiger partial charge in [0.1, 0.15) is 0 Å². The zero-order chi connectivity index (χ0) is 19.1. The maximum atomic E-state index is 12.1. The highest BCUT2D eigenvalue weighted by molar-refractivity contribution is 7.80. The molecule has 7 heteroatoms. The molecular weight excluding hydrogens is 346 g/mol. The number of carbonyl (C=O) groups is 1. The maximum absolute atomic E-state index is 12.1. The van der Waals surface area contributed by atoms with Crippen molar-refractivity contribution in [2.45, 2.75) is 40.0 Å². The fraction of sp³-hybridized carbons (Fsp3) is 0.421. The summed E-state index contributed by atoms with van der Waals surface area (Å²) in [5, 5.41) is 13.6. The van der Waals surface area contributed by atoms with Crippen LogP contribution >= 0.6 is 12.2 Å². The van der Waals surface area contributed by atoms with Gasteiger partial charge < -0.3 is 16.0 Å². The molecule has 1 aromatic carbocycles. The Balaban J connectivity index is 1.80. The molecular formula is C19H27N5OS. The molecule has 1 heterocycles. The Morgan fingerprint density at radius 1 is 1.19 bits per heavy atom. The van der Waals surface area contributed by atoms with Crippen molar-refractivity contribution >= 4 is 34.6 Å². The standard InChI is InChI=1S/C19H27N5OS/c1-5-6-7-15-8-10-16(11-9-15)21-19(26)20-12-17(25)22-18-13(2)23-24(4)14(18)3/h8-11H,5-7,12H2,1-4H3,(H,22,25)(H2,20,21,26). The van der Waals surface area contributed by atoms with Crippen LogP contribution in [0.2, 0.25) is 0 Å². The van der Waals surface area contributed by atoms with Crippen LogP contribution in [0.25, 0.3) is 0 Å². The van der Waals surface area contributed by atoms with Crippen LogP contribution < -0.4 is 16.0 Å². The minimum atomic E-state index is -0.164. The van der Waals surface area contributed by atoms with E-state index in [9.17, 15) is 4.79 Å². The lowest BCUT2D eigenvalue weighted by Gasteiger charge is -2.11. The number of thiocarbonyl (C=S) groups is 1. The molecule has 26 heavy (non-hydrogen) atoms. The molecule has 0 bridgehead atoms. The summed E-state index contributed by atoms with van der Waals surface area (Å²) in [4.78, 5) is 12.1. The van der Waals surface area contributed by atoms with Gasteiger partial charge in [-0.3, -0.25) is 9.48 Å². The second-order valence-corrected chi connectivity index (χ2v) is 6.73. The third-order valence-corrected chi connectivity index (χ3v) is 4.46. The lowest BCUT2D eigenvalue weighted by Crippen LogP contribution is -2.35. The molecule has 0 atom stereocenters. The van der Waals surface area contributed by atoms with Crippen LogP contribution in [-0.4, -0.2) is 27.3 Å². The number of nitrogens with one attached hydrogen (secondary N) is 3. The first-order valence-electron chi connectivity index (χ1n) is 8.84. The number of anilines is 2. The van der Waals surface area contributed by atoms with Gasteiger partial charge >= 0.3 is 0 Å². The van der Waals surface area contributed by atoms with E-state index in [1.807, 2.05) is 33.0 Å². The second kappa shape index (κ2) is 9.33. The van der Waals surface area contributed by atoms with E-state index in [1.165, 1.54) is 18.4 Å². The Bertz CT molecular complexity index is 767. The molecule has 0 saturated carbocycles. The van der Waals surface area contributed by atoms with Crippen LogP contribution in [0.4, 0.5) is 11.4 Å². The highest BCUT2D eigenvalue weighted by atomic mass is 32.1. The van der Waals surface area contributed by atoms with Crippen LogP contribution in [-0.2, 0) is 18.3 Å². The van der Waals surface area contributed by atoms with Gasteiger partial charge in [0.2, 0.25) is 5.91 Å². The van der Waals surface area contributed by atoms with Crippen molar-refractivity contribution in [3.8, 4) is 0 Å². The first-order valence-corrected chi connectivity index (χ1v) is 9.25. The fourth-order valence-electron chi connectivity index (χ4n) is 2.61. The molecule has 3 N–H and O–H groups in total. The summed E-state index contributed by atoms with van der Waals surface area (Å²) in [6, 6.07) is 8.20. The van der Waals surface area contributed by atoms with Gasteiger partial charge in [0.15, 0.2) is 5.11 Å². The lowest BCUT2D eigenvalue weighted by atomic mass is 10.1. The van der Waals surface area contributed by atoms with Gasteiger partial charge in [-0.15, -0.1) is 0 Å². The molecule has 0 saturated heterocycles. The van der Waals surface area contributed by atoms with E-state index in [0.29, 0.717) is 5.11 Å². The van der Waals surface area contributed by atoms with Gasteiger partial charge in [-0.25, -0.2) is 0 Å². The summed E-state index contributed by atoms with van der Waals surface area (Å²) in [5.74, 6) is -0.164. The number of nitrogens with zero attached hydrogens (tertiary/aromatic N) is 2. The summed E-state index contributed by atoms with van der Waals surface area (Å²) in [7, 11) is 1.85. The number of hydrogen-bond donors (Lipinski definition) is 3. The maximum Gasteiger partial charge on any atom is 0.243 e. The van der Waals surface area contributed by atoms with Crippen LogP contribution in [0.15, 0.2) is 24.3 Å². The van der Waals surface area contributed by atoms with Gasteiger partial charge in [-0.1, -0.05) is 25.5 Å². The van der Waals surface area contributed by atoms with Crippen molar-refractivity contribution in [1.29, 1.82) is 0 Å². The van der Waals surface area contributed by atoms with E-state index in [4.69, 9.17) is 12.2 Å². The molecule has 6 nitrogen and oxygen atoms in total. The van der Waals surface area contributed by atoms with Crippen molar-refractivity contribution in [3.63, 3.8) is 0 Å². The molecule has 2 rings (SSSR count). The molecule has 1 amide bonds. The van der Waals surface area contributed by atoms with E-state index < -0.39 is 0 Å². The van der Waals surface area contributed by atoms with Crippen molar-refractivity contribution in [1.82, 2.24) is 15.1 Å². The topological polar surface area (TPSA) is 71.0 Å². The van der Waals surface area contributed by atoms with E-state index in [1.54, 1.807) is 4.68 Å². The number of amides is 1.